The lowest BCUT2D eigenvalue weighted by molar-refractivity contribution is -0.134. The van der Waals surface area contributed by atoms with Crippen LogP contribution in [0.3, 0.4) is 0 Å². The maximum atomic E-state index is 13.6. The fraction of sp³-hybridized carbons (Fsp3) is 0.526. The molecule has 3 aliphatic rings. The van der Waals surface area contributed by atoms with E-state index in [0.717, 1.165) is 81.8 Å². The van der Waals surface area contributed by atoms with Gasteiger partial charge in [0.05, 0.1) is 29.8 Å². The first-order chi connectivity index (χ1) is 21.9. The summed E-state index contributed by atoms with van der Waals surface area (Å²) in [5.41, 5.74) is 3.01. The van der Waals surface area contributed by atoms with Crippen LogP contribution >= 0.6 is 0 Å². The Morgan fingerprint density at radius 1 is 0.911 bits per heavy atom. The van der Waals surface area contributed by atoms with E-state index in [-0.39, 0.29) is 42.1 Å². The number of hydrogen-bond donors (Lipinski definition) is 1. The van der Waals surface area contributed by atoms with E-state index in [1.54, 1.807) is 24.3 Å². The molecule has 2 aliphatic heterocycles. The summed E-state index contributed by atoms with van der Waals surface area (Å²) >= 11 is 0. The van der Waals surface area contributed by atoms with Crippen molar-refractivity contribution in [2.45, 2.75) is 103 Å². The summed E-state index contributed by atoms with van der Waals surface area (Å²) in [6, 6.07) is 14.6. The third-order valence-corrected chi connectivity index (χ3v) is 9.96. The molecule has 240 valence electrons. The van der Waals surface area contributed by atoms with Gasteiger partial charge in [0.2, 0.25) is 5.91 Å². The van der Waals surface area contributed by atoms with Gasteiger partial charge in [0.25, 0.3) is 11.8 Å². The third kappa shape index (κ3) is 7.81. The molecular formula is C38H48N2O5. The zero-order chi connectivity index (χ0) is 31.8. The van der Waals surface area contributed by atoms with Crippen molar-refractivity contribution in [2.75, 3.05) is 13.1 Å². The van der Waals surface area contributed by atoms with Gasteiger partial charge in [-0.2, -0.15) is 0 Å². The molecule has 2 aromatic rings. The van der Waals surface area contributed by atoms with Crippen LogP contribution in [0, 0.1) is 11.8 Å². The smallest absolute Gasteiger partial charge is 0.261 e. The SMILES string of the molecule is CCCCC[C@H](O)C=C[C@@H]1CCC(=O)[C@@H]1CCCCCCC(=O)N1CCc2ccccc2[C@@H]1CN1C(=O)c2ccccc2C1=O. The number of Topliss-reactive ketones (excluding diaryl/α,β-unsaturated/α-hetero) is 1. The average Bonchev–Trinajstić information content (AvgIpc) is 3.52. The van der Waals surface area contributed by atoms with Crippen molar-refractivity contribution < 1.29 is 24.3 Å². The molecule has 2 aromatic carbocycles. The van der Waals surface area contributed by atoms with Crippen LogP contribution in [0.1, 0.15) is 122 Å². The van der Waals surface area contributed by atoms with Crippen LogP contribution in [0.15, 0.2) is 60.7 Å². The zero-order valence-electron chi connectivity index (χ0n) is 26.7. The summed E-state index contributed by atoms with van der Waals surface area (Å²) in [6.45, 7) is 2.87. The predicted octanol–water partition coefficient (Wildman–Crippen LogP) is 6.84. The van der Waals surface area contributed by atoms with Gasteiger partial charge in [0.15, 0.2) is 0 Å². The van der Waals surface area contributed by atoms with Gasteiger partial charge in [-0.15, -0.1) is 0 Å². The Morgan fingerprint density at radius 3 is 2.38 bits per heavy atom. The molecule has 7 heteroatoms. The number of allylic oxidation sites excluding steroid dienone is 1. The lowest BCUT2D eigenvalue weighted by Crippen LogP contribution is -2.46. The molecule has 1 N–H and O–H groups in total. The standard InChI is InChI=1S/C38H48N2O5/c1-2-3-6-14-29(41)22-20-28-21-23-35(42)31(28)16-7-4-5-8-19-36(43)39-25-24-27-13-9-10-15-30(27)34(39)26-40-37(44)32-17-11-12-18-33(32)38(40)45/h9-13,15,17-18,20,22,28-29,31,34,41H,2-8,14,16,19,21,23-26H2,1H3/t28-,29+,31-,34+/m1/s1. The van der Waals surface area contributed by atoms with Gasteiger partial charge in [-0.05, 0) is 61.3 Å². The van der Waals surface area contributed by atoms with E-state index in [9.17, 15) is 24.3 Å². The highest BCUT2D eigenvalue weighted by atomic mass is 16.3. The molecule has 7 nitrogen and oxygen atoms in total. The number of fused-ring (bicyclic) bond motifs is 2. The first-order valence-electron chi connectivity index (χ1n) is 17.1. The van der Waals surface area contributed by atoms with E-state index in [0.29, 0.717) is 36.3 Å². The highest BCUT2D eigenvalue weighted by molar-refractivity contribution is 6.21. The molecule has 5 rings (SSSR count). The normalized spacial score (nSPS) is 21.9. The monoisotopic (exact) mass is 612 g/mol. The molecule has 0 bridgehead atoms. The summed E-state index contributed by atoms with van der Waals surface area (Å²) in [4.78, 5) is 55.6. The molecule has 3 amide bonds. The Balaban J connectivity index is 1.11. The molecule has 0 unspecified atom stereocenters. The molecule has 0 radical (unpaired) electrons. The Labute approximate surface area is 267 Å². The Morgan fingerprint density at radius 2 is 1.62 bits per heavy atom. The molecule has 2 heterocycles. The fourth-order valence-corrected chi connectivity index (χ4v) is 7.37. The first-order valence-corrected chi connectivity index (χ1v) is 17.1. The number of imide groups is 1. The minimum atomic E-state index is -0.425. The van der Waals surface area contributed by atoms with Crippen molar-refractivity contribution in [1.82, 2.24) is 9.80 Å². The van der Waals surface area contributed by atoms with Crippen LogP contribution in [0.4, 0.5) is 0 Å². The van der Waals surface area contributed by atoms with Crippen LogP contribution in [-0.2, 0) is 16.0 Å². The third-order valence-electron chi connectivity index (χ3n) is 9.96. The summed E-state index contributed by atoms with van der Waals surface area (Å²) in [6.07, 6.45) is 14.8. The molecule has 0 saturated heterocycles. The van der Waals surface area contributed by atoms with Gasteiger partial charge in [0.1, 0.15) is 5.78 Å². The Hall–Kier alpha value is -3.58. The minimum Gasteiger partial charge on any atom is -0.389 e. The number of carbonyl (C=O) groups excluding carboxylic acids is 4. The Kier molecular flexibility index (Phi) is 11.4. The van der Waals surface area contributed by atoms with E-state index in [2.05, 4.69) is 19.1 Å². The molecule has 1 fully saturated rings. The van der Waals surface area contributed by atoms with Gasteiger partial charge >= 0.3 is 0 Å². The van der Waals surface area contributed by atoms with Crippen molar-refractivity contribution in [2.24, 2.45) is 11.8 Å². The summed E-state index contributed by atoms with van der Waals surface area (Å²) in [5, 5.41) is 10.3. The van der Waals surface area contributed by atoms with Gasteiger partial charge in [-0.25, -0.2) is 0 Å². The van der Waals surface area contributed by atoms with Crippen molar-refractivity contribution in [3.8, 4) is 0 Å². The maximum Gasteiger partial charge on any atom is 0.261 e. The van der Waals surface area contributed by atoms with Crippen LogP contribution < -0.4 is 0 Å². The predicted molar refractivity (Wildman–Crippen MR) is 175 cm³/mol. The number of amides is 3. The number of aliphatic hydroxyl groups excluding tert-OH is 1. The molecule has 0 aromatic heterocycles. The second kappa shape index (κ2) is 15.6. The molecule has 45 heavy (non-hydrogen) atoms. The van der Waals surface area contributed by atoms with Crippen LogP contribution in [0.2, 0.25) is 0 Å². The lowest BCUT2D eigenvalue weighted by atomic mass is 9.89. The van der Waals surface area contributed by atoms with Gasteiger partial charge in [-0.3, -0.25) is 24.1 Å². The van der Waals surface area contributed by atoms with Crippen molar-refractivity contribution in [3.05, 3.63) is 82.9 Å². The van der Waals surface area contributed by atoms with Gasteiger partial charge in [-0.1, -0.05) is 94.0 Å². The van der Waals surface area contributed by atoms with Crippen molar-refractivity contribution >= 4 is 23.5 Å². The number of unbranched alkanes of at least 4 members (excludes halogenated alkanes) is 5. The number of ketones is 1. The van der Waals surface area contributed by atoms with Crippen molar-refractivity contribution in [3.63, 3.8) is 0 Å². The molecule has 4 atom stereocenters. The highest BCUT2D eigenvalue weighted by Gasteiger charge is 2.40. The molecular weight excluding hydrogens is 564 g/mol. The topological polar surface area (TPSA) is 95.0 Å². The van der Waals surface area contributed by atoms with E-state index in [1.807, 2.05) is 29.2 Å². The maximum absolute atomic E-state index is 13.6. The number of hydrogen-bond acceptors (Lipinski definition) is 5. The fourth-order valence-electron chi connectivity index (χ4n) is 7.37. The van der Waals surface area contributed by atoms with E-state index in [4.69, 9.17) is 0 Å². The average molecular weight is 613 g/mol. The van der Waals surface area contributed by atoms with Crippen LogP contribution in [-0.4, -0.2) is 57.6 Å². The molecule has 0 spiro atoms. The first kappa shape index (κ1) is 32.8. The number of aliphatic hydroxyl groups is 1. The molecule has 1 saturated carbocycles. The second-order valence-corrected chi connectivity index (χ2v) is 13.0. The summed E-state index contributed by atoms with van der Waals surface area (Å²) < 4.78 is 0. The van der Waals surface area contributed by atoms with Crippen LogP contribution in [0.5, 0.6) is 0 Å². The van der Waals surface area contributed by atoms with Gasteiger partial charge in [0, 0.05) is 25.3 Å². The Bertz CT molecular complexity index is 1370. The quantitative estimate of drug-likeness (QED) is 0.135. The second-order valence-electron chi connectivity index (χ2n) is 13.0. The van der Waals surface area contributed by atoms with Gasteiger partial charge < -0.3 is 10.0 Å². The minimum absolute atomic E-state index is 0.0436. The van der Waals surface area contributed by atoms with E-state index < -0.39 is 6.10 Å². The van der Waals surface area contributed by atoms with Crippen LogP contribution in [0.25, 0.3) is 0 Å². The lowest BCUT2D eigenvalue weighted by Gasteiger charge is -2.39. The van der Waals surface area contributed by atoms with Crippen molar-refractivity contribution in [1.29, 1.82) is 0 Å². The number of rotatable bonds is 15. The number of benzene rings is 2. The van der Waals surface area contributed by atoms with E-state index >= 15 is 0 Å². The highest BCUT2D eigenvalue weighted by Crippen LogP contribution is 2.35. The largest absolute Gasteiger partial charge is 0.389 e. The molecule has 1 aliphatic carbocycles. The summed E-state index contributed by atoms with van der Waals surface area (Å²) in [7, 11) is 0. The zero-order valence-corrected chi connectivity index (χ0v) is 26.7. The number of carbonyl (C=O) groups is 4. The summed E-state index contributed by atoms with van der Waals surface area (Å²) in [5.74, 6) is 0.0675. The van der Waals surface area contributed by atoms with E-state index in [1.165, 1.54) is 4.90 Å². The number of nitrogens with zero attached hydrogens (tertiary/aromatic N) is 2.